The van der Waals surface area contributed by atoms with E-state index in [0.29, 0.717) is 5.56 Å². The van der Waals surface area contributed by atoms with Crippen molar-refractivity contribution in [1.82, 2.24) is 0 Å². The summed E-state index contributed by atoms with van der Waals surface area (Å²) in [5, 5.41) is 0. The molecule has 190 valence electrons. The van der Waals surface area contributed by atoms with Gasteiger partial charge in [-0.25, -0.2) is 14.4 Å². The van der Waals surface area contributed by atoms with E-state index < -0.39 is 48.5 Å². The maximum atomic E-state index is 12.9. The molecule has 0 N–H and O–H groups in total. The van der Waals surface area contributed by atoms with Crippen LogP contribution >= 0.6 is 0 Å². The number of hydrogen-bond acceptors (Lipinski definition) is 9. The van der Waals surface area contributed by atoms with E-state index in [0.717, 1.165) is 6.92 Å². The summed E-state index contributed by atoms with van der Waals surface area (Å²) in [5.41, 5.74) is 0.782. The van der Waals surface area contributed by atoms with Gasteiger partial charge in [-0.2, -0.15) is 0 Å². The lowest BCUT2D eigenvalue weighted by Crippen LogP contribution is -2.42. The van der Waals surface area contributed by atoms with E-state index in [1.54, 1.807) is 91.0 Å². The normalized spacial score (nSPS) is 20.5. The van der Waals surface area contributed by atoms with Crippen molar-refractivity contribution in [3.8, 4) is 0 Å². The lowest BCUT2D eigenvalue weighted by atomic mass is 10.1. The van der Waals surface area contributed by atoms with E-state index in [1.165, 1.54) is 0 Å². The first-order valence-electron chi connectivity index (χ1n) is 11.5. The van der Waals surface area contributed by atoms with Crippen LogP contribution in [-0.2, 0) is 28.5 Å². The molecule has 9 nitrogen and oxygen atoms in total. The van der Waals surface area contributed by atoms with Gasteiger partial charge in [-0.05, 0) is 36.4 Å². The number of carbonyl (C=O) groups excluding carboxylic acids is 4. The lowest BCUT2D eigenvalue weighted by molar-refractivity contribution is -0.187. The first kappa shape index (κ1) is 25.6. The number of carbonyl (C=O) groups is 4. The van der Waals surface area contributed by atoms with Gasteiger partial charge in [0.05, 0.1) is 16.7 Å². The Balaban J connectivity index is 1.58. The van der Waals surface area contributed by atoms with Gasteiger partial charge in [0.15, 0.2) is 6.10 Å². The molecule has 3 aromatic rings. The molecule has 37 heavy (non-hydrogen) atoms. The highest BCUT2D eigenvalue weighted by Crippen LogP contribution is 2.30. The molecule has 1 saturated heterocycles. The topological polar surface area (TPSA) is 114 Å². The molecular weight excluding hydrogens is 480 g/mol. The first-order valence-corrected chi connectivity index (χ1v) is 11.5. The molecule has 4 rings (SSSR count). The summed E-state index contributed by atoms with van der Waals surface area (Å²) in [7, 11) is 0. The molecule has 4 atom stereocenters. The highest BCUT2D eigenvalue weighted by atomic mass is 16.8. The van der Waals surface area contributed by atoms with Crippen molar-refractivity contribution >= 4 is 23.9 Å². The molecule has 9 heteroatoms. The summed E-state index contributed by atoms with van der Waals surface area (Å²) >= 11 is 0. The van der Waals surface area contributed by atoms with Crippen molar-refractivity contribution in [3.05, 3.63) is 108 Å². The molecule has 0 aromatic heterocycles. The van der Waals surface area contributed by atoms with Crippen LogP contribution in [0.3, 0.4) is 0 Å². The fraction of sp³-hybridized carbons (Fsp3) is 0.214. The van der Waals surface area contributed by atoms with Crippen molar-refractivity contribution in [1.29, 1.82) is 0 Å². The van der Waals surface area contributed by atoms with Crippen LogP contribution in [-0.4, -0.2) is 55.1 Å². The highest BCUT2D eigenvalue weighted by Gasteiger charge is 2.52. The minimum absolute atomic E-state index is 0.233. The smallest absolute Gasteiger partial charge is 0.338 e. The molecular formula is C28H24O9. The Bertz CT molecular complexity index is 1230. The molecule has 0 radical (unpaired) electrons. The van der Waals surface area contributed by atoms with Crippen molar-refractivity contribution < 1.29 is 42.9 Å². The van der Waals surface area contributed by atoms with Gasteiger partial charge in [-0.15, -0.1) is 0 Å². The van der Waals surface area contributed by atoms with E-state index >= 15 is 0 Å². The SMILES string of the molecule is CC(=O)OC1O[C@H](COC(=O)c2ccccc2)[C@@H](OC(=O)c2ccccc2)C1OC(=O)c1ccccc1. The van der Waals surface area contributed by atoms with Crippen LogP contribution < -0.4 is 0 Å². The van der Waals surface area contributed by atoms with E-state index in [4.69, 9.17) is 23.7 Å². The highest BCUT2D eigenvalue weighted by molar-refractivity contribution is 5.91. The number of benzene rings is 3. The molecule has 0 bridgehead atoms. The van der Waals surface area contributed by atoms with Gasteiger partial charge in [0.1, 0.15) is 12.7 Å². The van der Waals surface area contributed by atoms with Crippen molar-refractivity contribution in [3.63, 3.8) is 0 Å². The summed E-state index contributed by atoms with van der Waals surface area (Å²) in [5.74, 6) is -2.81. The Morgan fingerprint density at radius 3 is 1.51 bits per heavy atom. The number of esters is 4. The Kier molecular flexibility index (Phi) is 8.27. The second kappa shape index (κ2) is 12.0. The standard InChI is InChI=1S/C28H24O9/c1-18(29)34-28-24(37-27(32)21-15-9-4-10-16-21)23(36-26(31)20-13-7-3-8-14-20)22(35-28)17-33-25(30)19-11-5-2-6-12-19/h2-16,22-24,28H,17H2,1H3/t22-,23-,24?,28?/m1/s1. The molecule has 1 heterocycles. The number of ether oxygens (including phenoxy) is 5. The lowest BCUT2D eigenvalue weighted by Gasteiger charge is -2.24. The molecule has 1 aliphatic rings. The second-order valence-electron chi connectivity index (χ2n) is 8.09. The van der Waals surface area contributed by atoms with E-state index in [-0.39, 0.29) is 17.7 Å². The van der Waals surface area contributed by atoms with Crippen molar-refractivity contribution in [2.24, 2.45) is 0 Å². The molecule has 1 fully saturated rings. The van der Waals surface area contributed by atoms with Crippen molar-refractivity contribution in [2.75, 3.05) is 6.61 Å². The molecule has 2 unspecified atom stereocenters. The molecule has 0 amide bonds. The zero-order valence-electron chi connectivity index (χ0n) is 19.9. The fourth-order valence-corrected chi connectivity index (χ4v) is 3.70. The Morgan fingerprint density at radius 1 is 0.622 bits per heavy atom. The average Bonchev–Trinajstić information content (AvgIpc) is 3.23. The van der Waals surface area contributed by atoms with Gasteiger partial charge in [0, 0.05) is 6.92 Å². The maximum Gasteiger partial charge on any atom is 0.338 e. The quantitative estimate of drug-likeness (QED) is 0.335. The second-order valence-corrected chi connectivity index (χ2v) is 8.09. The zero-order valence-corrected chi connectivity index (χ0v) is 19.9. The predicted octanol–water partition coefficient (Wildman–Crippen LogP) is 3.58. The van der Waals surface area contributed by atoms with Gasteiger partial charge in [0.25, 0.3) is 0 Å². The van der Waals surface area contributed by atoms with Crippen LogP contribution in [0.4, 0.5) is 0 Å². The van der Waals surface area contributed by atoms with E-state index in [2.05, 4.69) is 0 Å². The predicted molar refractivity (Wildman–Crippen MR) is 128 cm³/mol. The zero-order chi connectivity index (χ0) is 26.2. The van der Waals surface area contributed by atoms with Crippen molar-refractivity contribution in [2.45, 2.75) is 31.5 Å². The van der Waals surface area contributed by atoms with Crippen LogP contribution in [0, 0.1) is 0 Å². The first-order chi connectivity index (χ1) is 17.9. The van der Waals surface area contributed by atoms with Gasteiger partial charge in [-0.1, -0.05) is 54.6 Å². The summed E-state index contributed by atoms with van der Waals surface area (Å²) in [4.78, 5) is 50.0. The summed E-state index contributed by atoms with van der Waals surface area (Å²) in [6.07, 6.45) is -5.09. The Hall–Kier alpha value is -4.50. The third-order valence-electron chi connectivity index (χ3n) is 5.44. The average molecular weight is 504 g/mol. The number of rotatable bonds is 8. The largest absolute Gasteiger partial charge is 0.459 e. The fourth-order valence-electron chi connectivity index (χ4n) is 3.70. The Morgan fingerprint density at radius 2 is 1.05 bits per heavy atom. The molecule has 1 aliphatic heterocycles. The molecule has 0 spiro atoms. The van der Waals surface area contributed by atoms with Gasteiger partial charge < -0.3 is 23.7 Å². The molecule has 3 aromatic carbocycles. The molecule has 0 aliphatic carbocycles. The van der Waals surface area contributed by atoms with E-state index in [9.17, 15) is 19.2 Å². The summed E-state index contributed by atoms with van der Waals surface area (Å²) in [6.45, 7) is 0.796. The minimum Gasteiger partial charge on any atom is -0.459 e. The van der Waals surface area contributed by atoms with Crippen LogP contribution in [0.5, 0.6) is 0 Å². The van der Waals surface area contributed by atoms with Crippen LogP contribution in [0.2, 0.25) is 0 Å². The number of hydrogen-bond donors (Lipinski definition) is 0. The van der Waals surface area contributed by atoms with Gasteiger partial charge >= 0.3 is 23.9 Å². The van der Waals surface area contributed by atoms with Crippen LogP contribution in [0.15, 0.2) is 91.0 Å². The summed E-state index contributed by atoms with van der Waals surface area (Å²) in [6, 6.07) is 24.6. The third kappa shape index (κ3) is 6.59. The van der Waals surface area contributed by atoms with Crippen LogP contribution in [0.1, 0.15) is 38.0 Å². The molecule has 0 saturated carbocycles. The Labute approximate surface area is 212 Å². The maximum absolute atomic E-state index is 12.9. The van der Waals surface area contributed by atoms with Crippen LogP contribution in [0.25, 0.3) is 0 Å². The third-order valence-corrected chi connectivity index (χ3v) is 5.44. The van der Waals surface area contributed by atoms with E-state index in [1.807, 2.05) is 0 Å². The monoisotopic (exact) mass is 504 g/mol. The minimum atomic E-state index is -1.40. The van der Waals surface area contributed by atoms with Gasteiger partial charge in [-0.3, -0.25) is 4.79 Å². The summed E-state index contributed by atoms with van der Waals surface area (Å²) < 4.78 is 27.7. The van der Waals surface area contributed by atoms with Gasteiger partial charge in [0.2, 0.25) is 12.4 Å².